The van der Waals surface area contributed by atoms with Gasteiger partial charge in [-0.2, -0.15) is 5.26 Å². The van der Waals surface area contributed by atoms with Crippen LogP contribution in [0.15, 0.2) is 36.4 Å². The molecule has 0 aliphatic heterocycles. The Kier molecular flexibility index (Phi) is 5.86. The summed E-state index contributed by atoms with van der Waals surface area (Å²) < 4.78 is 10.7. The molecule has 4 nitrogen and oxygen atoms in total. The van der Waals surface area contributed by atoms with Crippen LogP contribution in [0, 0.1) is 11.3 Å². The first-order valence-electron chi connectivity index (χ1n) is 6.85. The Morgan fingerprint density at radius 3 is 2.57 bits per heavy atom. The van der Waals surface area contributed by atoms with Gasteiger partial charge in [-0.25, -0.2) is 0 Å². The Bertz CT molecular complexity index is 769. The molecule has 0 heterocycles. The second-order valence-electron chi connectivity index (χ2n) is 4.61. The van der Waals surface area contributed by atoms with E-state index < -0.39 is 5.97 Å². The minimum Gasteiger partial charge on any atom is -0.490 e. The number of halogens is 2. The summed E-state index contributed by atoms with van der Waals surface area (Å²) in [6.45, 7) is 2.20. The summed E-state index contributed by atoms with van der Waals surface area (Å²) in [6, 6.07) is 11.6. The van der Waals surface area contributed by atoms with Crippen LogP contribution in [-0.2, 0) is 11.2 Å². The minimum absolute atomic E-state index is 0.0441. The summed E-state index contributed by atoms with van der Waals surface area (Å²) in [7, 11) is 0. The SMILES string of the molecule is CCOc1cc(C#N)ccc1OC(=O)Cc1ccc(Cl)c(Cl)c1. The molecule has 2 aromatic rings. The summed E-state index contributed by atoms with van der Waals surface area (Å²) in [5, 5.41) is 9.72. The molecule has 0 atom stereocenters. The van der Waals surface area contributed by atoms with Gasteiger partial charge in [0.25, 0.3) is 0 Å². The molecule has 0 N–H and O–H groups in total. The van der Waals surface area contributed by atoms with E-state index in [1.54, 1.807) is 31.2 Å². The van der Waals surface area contributed by atoms with Crippen LogP contribution in [0.2, 0.25) is 10.0 Å². The lowest BCUT2D eigenvalue weighted by molar-refractivity contribution is -0.133. The predicted octanol–water partition coefficient (Wildman–Crippen LogP) is 4.41. The molecule has 0 bridgehead atoms. The van der Waals surface area contributed by atoms with E-state index in [9.17, 15) is 4.79 Å². The average Bonchev–Trinajstić information content (AvgIpc) is 2.53. The molecule has 0 fully saturated rings. The van der Waals surface area contributed by atoms with Gasteiger partial charge < -0.3 is 9.47 Å². The normalized spacial score (nSPS) is 10.0. The van der Waals surface area contributed by atoms with Crippen LogP contribution in [0.1, 0.15) is 18.1 Å². The van der Waals surface area contributed by atoms with E-state index in [1.165, 1.54) is 12.1 Å². The van der Waals surface area contributed by atoms with Gasteiger partial charge in [0.2, 0.25) is 0 Å². The molecule has 0 amide bonds. The van der Waals surface area contributed by atoms with E-state index in [1.807, 2.05) is 6.07 Å². The molecule has 6 heteroatoms. The van der Waals surface area contributed by atoms with Crippen molar-refractivity contribution in [2.24, 2.45) is 0 Å². The molecule has 0 aliphatic rings. The summed E-state index contributed by atoms with van der Waals surface area (Å²) in [6.07, 6.45) is 0.0441. The second-order valence-corrected chi connectivity index (χ2v) is 5.42. The van der Waals surface area contributed by atoms with Crippen LogP contribution in [0.5, 0.6) is 11.5 Å². The Labute approximate surface area is 144 Å². The molecule has 118 valence electrons. The molecule has 0 radical (unpaired) electrons. The van der Waals surface area contributed by atoms with Crippen molar-refractivity contribution in [1.29, 1.82) is 5.26 Å². The van der Waals surface area contributed by atoms with Crippen LogP contribution in [0.3, 0.4) is 0 Å². The van der Waals surface area contributed by atoms with E-state index in [0.717, 1.165) is 0 Å². The Hall–Kier alpha value is -2.22. The van der Waals surface area contributed by atoms with Crippen molar-refractivity contribution >= 4 is 29.2 Å². The zero-order valence-electron chi connectivity index (χ0n) is 12.3. The average molecular weight is 350 g/mol. The Morgan fingerprint density at radius 2 is 1.91 bits per heavy atom. The number of carbonyl (C=O) groups is 1. The lowest BCUT2D eigenvalue weighted by Gasteiger charge is -2.11. The fourth-order valence-electron chi connectivity index (χ4n) is 1.91. The first-order valence-corrected chi connectivity index (χ1v) is 7.60. The maximum absolute atomic E-state index is 12.1. The van der Waals surface area contributed by atoms with Gasteiger partial charge in [-0.15, -0.1) is 0 Å². The summed E-state index contributed by atoms with van der Waals surface area (Å²) in [5.41, 5.74) is 1.12. The van der Waals surface area contributed by atoms with E-state index >= 15 is 0 Å². The fraction of sp³-hybridized carbons (Fsp3) is 0.176. The number of rotatable bonds is 5. The topological polar surface area (TPSA) is 59.3 Å². The number of esters is 1. The van der Waals surface area contributed by atoms with Gasteiger partial charge >= 0.3 is 5.97 Å². The van der Waals surface area contributed by atoms with Gasteiger partial charge in [0.15, 0.2) is 11.5 Å². The van der Waals surface area contributed by atoms with Crippen LogP contribution in [0.4, 0.5) is 0 Å². The van der Waals surface area contributed by atoms with E-state index in [0.29, 0.717) is 33.5 Å². The third kappa shape index (κ3) is 4.62. The van der Waals surface area contributed by atoms with E-state index in [-0.39, 0.29) is 12.2 Å². The molecule has 0 saturated heterocycles. The number of ether oxygens (including phenoxy) is 2. The van der Waals surface area contributed by atoms with Crippen molar-refractivity contribution in [3.8, 4) is 17.6 Å². The van der Waals surface area contributed by atoms with Crippen molar-refractivity contribution in [2.75, 3.05) is 6.61 Å². The molecule has 0 saturated carbocycles. The fourth-order valence-corrected chi connectivity index (χ4v) is 2.23. The molecule has 23 heavy (non-hydrogen) atoms. The zero-order chi connectivity index (χ0) is 16.8. The lowest BCUT2D eigenvalue weighted by Crippen LogP contribution is -2.12. The minimum atomic E-state index is -0.464. The van der Waals surface area contributed by atoms with Crippen LogP contribution in [-0.4, -0.2) is 12.6 Å². The van der Waals surface area contributed by atoms with Crippen molar-refractivity contribution in [2.45, 2.75) is 13.3 Å². The third-order valence-electron chi connectivity index (χ3n) is 2.93. The highest BCUT2D eigenvalue weighted by Crippen LogP contribution is 2.29. The predicted molar refractivity (Wildman–Crippen MR) is 88.1 cm³/mol. The van der Waals surface area contributed by atoms with Gasteiger partial charge in [0, 0.05) is 6.07 Å². The number of nitrogens with zero attached hydrogens (tertiary/aromatic N) is 1. The number of carbonyl (C=O) groups excluding carboxylic acids is 1. The Morgan fingerprint density at radius 1 is 1.13 bits per heavy atom. The summed E-state index contributed by atoms with van der Waals surface area (Å²) >= 11 is 11.8. The van der Waals surface area contributed by atoms with Crippen molar-refractivity contribution < 1.29 is 14.3 Å². The number of hydrogen-bond acceptors (Lipinski definition) is 4. The van der Waals surface area contributed by atoms with E-state index in [4.69, 9.17) is 37.9 Å². The number of hydrogen-bond donors (Lipinski definition) is 0. The van der Waals surface area contributed by atoms with Gasteiger partial charge in [-0.05, 0) is 36.8 Å². The highest BCUT2D eigenvalue weighted by Gasteiger charge is 2.13. The number of nitriles is 1. The van der Waals surface area contributed by atoms with Crippen molar-refractivity contribution in [3.63, 3.8) is 0 Å². The van der Waals surface area contributed by atoms with Crippen LogP contribution >= 0.6 is 23.2 Å². The standard InChI is InChI=1S/C17H13Cl2NO3/c1-2-22-16-8-12(10-20)4-6-15(16)23-17(21)9-11-3-5-13(18)14(19)7-11/h3-8H,2,9H2,1H3. The van der Waals surface area contributed by atoms with Gasteiger partial charge in [-0.3, -0.25) is 4.79 Å². The first kappa shape index (κ1) is 17.1. The van der Waals surface area contributed by atoms with Crippen molar-refractivity contribution in [1.82, 2.24) is 0 Å². The smallest absolute Gasteiger partial charge is 0.315 e. The molecule has 2 rings (SSSR count). The number of benzene rings is 2. The van der Waals surface area contributed by atoms with Gasteiger partial charge in [0.1, 0.15) is 0 Å². The molecule has 0 spiro atoms. The van der Waals surface area contributed by atoms with E-state index in [2.05, 4.69) is 0 Å². The maximum atomic E-state index is 12.1. The highest BCUT2D eigenvalue weighted by atomic mass is 35.5. The monoisotopic (exact) mass is 349 g/mol. The molecule has 0 aliphatic carbocycles. The zero-order valence-corrected chi connectivity index (χ0v) is 13.8. The highest BCUT2D eigenvalue weighted by molar-refractivity contribution is 6.42. The molecule has 0 aromatic heterocycles. The third-order valence-corrected chi connectivity index (χ3v) is 3.67. The van der Waals surface area contributed by atoms with Crippen LogP contribution < -0.4 is 9.47 Å². The first-order chi connectivity index (χ1) is 11.0. The maximum Gasteiger partial charge on any atom is 0.315 e. The molecule has 0 unspecified atom stereocenters. The van der Waals surface area contributed by atoms with Gasteiger partial charge in [-0.1, -0.05) is 29.3 Å². The molecular formula is C17H13Cl2NO3. The van der Waals surface area contributed by atoms with Crippen LogP contribution in [0.25, 0.3) is 0 Å². The largest absolute Gasteiger partial charge is 0.490 e. The van der Waals surface area contributed by atoms with Gasteiger partial charge in [0.05, 0.1) is 34.7 Å². The summed E-state index contributed by atoms with van der Waals surface area (Å²) in [4.78, 5) is 12.1. The second kappa shape index (κ2) is 7.87. The Balaban J connectivity index is 2.13. The molecular weight excluding hydrogens is 337 g/mol. The quantitative estimate of drug-likeness (QED) is 0.592. The van der Waals surface area contributed by atoms with Crippen molar-refractivity contribution in [3.05, 3.63) is 57.6 Å². The lowest BCUT2D eigenvalue weighted by atomic mass is 10.1. The summed E-state index contributed by atoms with van der Waals surface area (Å²) in [5.74, 6) is 0.166. The molecule has 2 aromatic carbocycles.